The molecule has 1 aliphatic heterocycles. The van der Waals surface area contributed by atoms with Crippen LogP contribution in [0.25, 0.3) is 0 Å². The lowest BCUT2D eigenvalue weighted by atomic mass is 10.1. The van der Waals surface area contributed by atoms with Crippen LogP contribution in [-0.4, -0.2) is 41.7 Å². The van der Waals surface area contributed by atoms with Crippen LogP contribution in [0.3, 0.4) is 0 Å². The number of hydrogen-bond acceptors (Lipinski definition) is 6. The zero-order valence-electron chi connectivity index (χ0n) is 17.8. The summed E-state index contributed by atoms with van der Waals surface area (Å²) >= 11 is 1.43. The Morgan fingerprint density at radius 3 is 2.58 bits per heavy atom. The third-order valence-electron chi connectivity index (χ3n) is 4.63. The molecule has 0 unspecified atom stereocenters. The first-order valence-electron chi connectivity index (χ1n) is 9.82. The maximum Gasteiger partial charge on any atom is 0.273 e. The van der Waals surface area contributed by atoms with E-state index in [2.05, 4.69) is 10.7 Å². The van der Waals surface area contributed by atoms with Gasteiger partial charge in [-0.25, -0.2) is 5.01 Å². The lowest BCUT2D eigenvalue weighted by molar-refractivity contribution is -0.132. The number of carbonyl (C=O) groups is 3. The average Bonchev–Trinajstić information content (AvgIpc) is 3.02. The molecule has 164 valence electrons. The van der Waals surface area contributed by atoms with E-state index < -0.39 is 11.3 Å². The Balaban J connectivity index is 1.90. The normalized spacial score (nSPS) is 17.9. The maximum atomic E-state index is 13.1. The van der Waals surface area contributed by atoms with E-state index in [1.54, 1.807) is 39.2 Å². The highest BCUT2D eigenvalue weighted by Gasteiger charge is 2.41. The fraction of sp³-hybridized carbons (Fsp3) is 0.318. The molecule has 2 atom stereocenters. The number of rotatable bonds is 7. The van der Waals surface area contributed by atoms with E-state index in [9.17, 15) is 14.4 Å². The molecule has 9 heteroatoms. The number of amides is 3. The van der Waals surface area contributed by atoms with Crippen molar-refractivity contribution in [3.8, 4) is 11.5 Å². The van der Waals surface area contributed by atoms with Crippen LogP contribution in [0.2, 0.25) is 0 Å². The Morgan fingerprint density at radius 2 is 1.90 bits per heavy atom. The molecular weight excluding hydrogens is 418 g/mol. The summed E-state index contributed by atoms with van der Waals surface area (Å²) in [6.07, 6.45) is 0. The first-order chi connectivity index (χ1) is 14.8. The summed E-state index contributed by atoms with van der Waals surface area (Å²) in [4.78, 5) is 37.2. The fourth-order valence-corrected chi connectivity index (χ4v) is 4.49. The van der Waals surface area contributed by atoms with Gasteiger partial charge in [0.15, 0.2) is 0 Å². The third kappa shape index (κ3) is 4.93. The Morgan fingerprint density at radius 1 is 1.16 bits per heavy atom. The van der Waals surface area contributed by atoms with Gasteiger partial charge < -0.3 is 14.8 Å². The highest BCUT2D eigenvalue weighted by molar-refractivity contribution is 8.01. The van der Waals surface area contributed by atoms with Gasteiger partial charge in [-0.1, -0.05) is 18.2 Å². The second kappa shape index (κ2) is 9.74. The first kappa shape index (κ1) is 22.5. The second-order valence-electron chi connectivity index (χ2n) is 6.85. The Kier molecular flexibility index (Phi) is 7.06. The molecule has 0 aromatic heterocycles. The van der Waals surface area contributed by atoms with Crippen molar-refractivity contribution in [3.05, 3.63) is 53.6 Å². The summed E-state index contributed by atoms with van der Waals surface area (Å²) in [5.74, 6) is 0.0269. The van der Waals surface area contributed by atoms with E-state index in [4.69, 9.17) is 9.47 Å². The molecule has 2 aromatic carbocycles. The van der Waals surface area contributed by atoms with Crippen LogP contribution >= 0.6 is 11.8 Å². The van der Waals surface area contributed by atoms with Crippen molar-refractivity contribution in [1.29, 1.82) is 0 Å². The van der Waals surface area contributed by atoms with E-state index in [0.717, 1.165) is 5.56 Å². The summed E-state index contributed by atoms with van der Waals surface area (Å²) in [7, 11) is 1.57. The number of anilines is 1. The van der Waals surface area contributed by atoms with Gasteiger partial charge in [-0.3, -0.25) is 19.8 Å². The predicted molar refractivity (Wildman–Crippen MR) is 119 cm³/mol. The first-order valence-corrected chi connectivity index (χ1v) is 10.8. The Hall–Kier alpha value is -3.20. The summed E-state index contributed by atoms with van der Waals surface area (Å²) in [6.45, 7) is 5.34. The van der Waals surface area contributed by atoms with Gasteiger partial charge in [0.05, 0.1) is 24.5 Å². The van der Waals surface area contributed by atoms with Crippen molar-refractivity contribution in [2.45, 2.75) is 31.4 Å². The summed E-state index contributed by atoms with van der Waals surface area (Å²) in [5, 5.41) is 3.24. The van der Waals surface area contributed by atoms with Crippen molar-refractivity contribution in [3.63, 3.8) is 0 Å². The zero-order valence-corrected chi connectivity index (χ0v) is 18.6. The minimum Gasteiger partial charge on any atom is -0.496 e. The number of carbonyl (C=O) groups excluding carboxylic acids is 3. The number of thioether (sulfide) groups is 1. The molecule has 1 fully saturated rings. The number of para-hydroxylation sites is 1. The molecule has 1 saturated heterocycles. The van der Waals surface area contributed by atoms with E-state index in [0.29, 0.717) is 23.8 Å². The molecule has 3 amide bonds. The van der Waals surface area contributed by atoms with Crippen LogP contribution in [0.1, 0.15) is 42.1 Å². The highest BCUT2D eigenvalue weighted by Crippen LogP contribution is 2.44. The predicted octanol–water partition coefficient (Wildman–Crippen LogP) is 3.36. The SMILES string of the molecule is CCOc1cc(NC(C)=O)ccc1C(=O)NN1C(=O)[C@H](C)S[C@H]1c1ccccc1OC. The number of hydrazine groups is 1. The van der Waals surface area contributed by atoms with Crippen molar-refractivity contribution in [2.75, 3.05) is 19.0 Å². The van der Waals surface area contributed by atoms with Crippen molar-refractivity contribution in [1.82, 2.24) is 10.4 Å². The van der Waals surface area contributed by atoms with Gasteiger partial charge in [0.25, 0.3) is 11.8 Å². The highest BCUT2D eigenvalue weighted by atomic mass is 32.2. The van der Waals surface area contributed by atoms with E-state index in [-0.39, 0.29) is 22.6 Å². The molecule has 0 saturated carbocycles. The molecule has 0 spiro atoms. The molecule has 2 N–H and O–H groups in total. The minimum atomic E-state index is -0.485. The number of benzene rings is 2. The van der Waals surface area contributed by atoms with Crippen molar-refractivity contribution in [2.24, 2.45) is 0 Å². The number of nitrogens with zero attached hydrogens (tertiary/aromatic N) is 1. The van der Waals surface area contributed by atoms with E-state index in [1.807, 2.05) is 24.3 Å². The molecule has 0 radical (unpaired) electrons. The molecule has 0 bridgehead atoms. The average molecular weight is 444 g/mol. The van der Waals surface area contributed by atoms with Crippen LogP contribution in [0.15, 0.2) is 42.5 Å². The molecule has 0 aliphatic carbocycles. The smallest absolute Gasteiger partial charge is 0.273 e. The van der Waals surface area contributed by atoms with E-state index in [1.165, 1.54) is 23.7 Å². The molecule has 1 heterocycles. The molecule has 2 aromatic rings. The minimum absolute atomic E-state index is 0.206. The van der Waals surface area contributed by atoms with Gasteiger partial charge in [-0.15, -0.1) is 11.8 Å². The largest absolute Gasteiger partial charge is 0.496 e. The van der Waals surface area contributed by atoms with Gasteiger partial charge >= 0.3 is 0 Å². The van der Waals surface area contributed by atoms with Gasteiger partial charge in [0.2, 0.25) is 5.91 Å². The molecule has 8 nitrogen and oxygen atoms in total. The van der Waals surface area contributed by atoms with Crippen LogP contribution < -0.4 is 20.2 Å². The Labute approximate surface area is 185 Å². The van der Waals surface area contributed by atoms with E-state index >= 15 is 0 Å². The van der Waals surface area contributed by atoms with Crippen LogP contribution in [0, 0.1) is 0 Å². The van der Waals surface area contributed by atoms with Crippen LogP contribution in [0.4, 0.5) is 5.69 Å². The second-order valence-corrected chi connectivity index (χ2v) is 8.27. The molecular formula is C22H25N3O5S. The molecule has 31 heavy (non-hydrogen) atoms. The standard InChI is InChI=1S/C22H25N3O5S/c1-5-30-19-12-15(23-14(3)26)10-11-16(19)20(27)24-25-21(28)13(2)31-22(25)17-8-6-7-9-18(17)29-4/h6-13,22H,5H2,1-4H3,(H,23,26)(H,24,27)/t13-,22-/m0/s1. The lowest BCUT2D eigenvalue weighted by Gasteiger charge is -2.26. The monoisotopic (exact) mass is 443 g/mol. The van der Waals surface area contributed by atoms with Crippen molar-refractivity contribution >= 4 is 35.2 Å². The van der Waals surface area contributed by atoms with Gasteiger partial charge in [-0.2, -0.15) is 0 Å². The third-order valence-corrected chi connectivity index (χ3v) is 5.96. The summed E-state index contributed by atoms with van der Waals surface area (Å²) < 4.78 is 11.0. The van der Waals surface area contributed by atoms with Gasteiger partial charge in [-0.05, 0) is 32.0 Å². The quantitative estimate of drug-likeness (QED) is 0.681. The molecule has 1 aliphatic rings. The summed E-state index contributed by atoms with van der Waals surface area (Å²) in [5.41, 5.74) is 4.30. The fourth-order valence-electron chi connectivity index (χ4n) is 3.26. The summed E-state index contributed by atoms with van der Waals surface area (Å²) in [6, 6.07) is 12.1. The van der Waals surface area contributed by atoms with Gasteiger partial charge in [0, 0.05) is 24.2 Å². The molecule has 3 rings (SSSR count). The van der Waals surface area contributed by atoms with Crippen molar-refractivity contribution < 1.29 is 23.9 Å². The number of methoxy groups -OCH3 is 1. The van der Waals surface area contributed by atoms with Crippen LogP contribution in [-0.2, 0) is 9.59 Å². The maximum absolute atomic E-state index is 13.1. The topological polar surface area (TPSA) is 97.0 Å². The number of ether oxygens (including phenoxy) is 2. The Bertz CT molecular complexity index is 997. The number of hydrogen-bond donors (Lipinski definition) is 2. The number of nitrogens with one attached hydrogen (secondary N) is 2. The zero-order chi connectivity index (χ0) is 22.5. The lowest BCUT2D eigenvalue weighted by Crippen LogP contribution is -2.45. The van der Waals surface area contributed by atoms with Crippen LogP contribution in [0.5, 0.6) is 11.5 Å². The van der Waals surface area contributed by atoms with Gasteiger partial charge in [0.1, 0.15) is 16.9 Å².